The molecule has 0 atom stereocenters. The Morgan fingerprint density at radius 2 is 2.38 bits per heavy atom. The first-order valence-corrected chi connectivity index (χ1v) is 5.72. The normalized spacial score (nSPS) is 15.1. The first-order chi connectivity index (χ1) is 7.74. The van der Waals surface area contributed by atoms with Gasteiger partial charge in [-0.2, -0.15) is 0 Å². The fourth-order valence-electron chi connectivity index (χ4n) is 1.79. The predicted molar refractivity (Wildman–Crippen MR) is 61.7 cm³/mol. The number of nitrogens with zero attached hydrogens (tertiary/aromatic N) is 2. The zero-order valence-corrected chi connectivity index (χ0v) is 9.44. The second kappa shape index (κ2) is 4.65. The number of rotatable bonds is 5. The summed E-state index contributed by atoms with van der Waals surface area (Å²) in [5, 5.41) is 9.02. The van der Waals surface area contributed by atoms with Gasteiger partial charge in [0.25, 0.3) is 5.56 Å². The molecule has 2 N–H and O–H groups in total. The summed E-state index contributed by atoms with van der Waals surface area (Å²) in [4.78, 5) is 20.5. The van der Waals surface area contributed by atoms with Crippen LogP contribution in [0.5, 0.6) is 0 Å². The van der Waals surface area contributed by atoms with Crippen LogP contribution in [0, 0.1) is 0 Å². The van der Waals surface area contributed by atoms with Gasteiger partial charge in [0.15, 0.2) is 0 Å². The monoisotopic (exact) mass is 223 g/mol. The van der Waals surface area contributed by atoms with Crippen LogP contribution in [0.25, 0.3) is 0 Å². The molecule has 2 rings (SSSR count). The van der Waals surface area contributed by atoms with Gasteiger partial charge in [-0.15, -0.1) is 0 Å². The van der Waals surface area contributed by atoms with Gasteiger partial charge in [0.1, 0.15) is 11.6 Å². The van der Waals surface area contributed by atoms with Crippen LogP contribution >= 0.6 is 0 Å². The van der Waals surface area contributed by atoms with Gasteiger partial charge in [-0.1, -0.05) is 6.92 Å². The topological polar surface area (TPSA) is 69.2 Å². The van der Waals surface area contributed by atoms with Crippen molar-refractivity contribution in [2.24, 2.45) is 0 Å². The fourth-order valence-corrected chi connectivity index (χ4v) is 1.79. The highest BCUT2D eigenvalue weighted by Gasteiger charge is 2.29. The number of hydrogen-bond donors (Lipinski definition) is 2. The molecule has 0 bridgehead atoms. The summed E-state index contributed by atoms with van der Waals surface area (Å²) >= 11 is 0. The molecule has 1 aliphatic carbocycles. The molecular formula is C11H17N3O2. The van der Waals surface area contributed by atoms with Crippen LogP contribution in [0.3, 0.4) is 0 Å². The zero-order valence-electron chi connectivity index (χ0n) is 9.44. The minimum atomic E-state index is -0.120. The number of aliphatic hydroxyl groups is 1. The van der Waals surface area contributed by atoms with Crippen molar-refractivity contribution in [1.29, 1.82) is 0 Å². The number of H-pyrrole nitrogens is 1. The highest BCUT2D eigenvalue weighted by Crippen LogP contribution is 2.29. The fraction of sp³-hybridized carbons (Fsp3) is 0.636. The summed E-state index contributed by atoms with van der Waals surface area (Å²) in [5.74, 6) is 1.39. The third-order valence-corrected chi connectivity index (χ3v) is 2.73. The first kappa shape index (κ1) is 11.1. The van der Waals surface area contributed by atoms with Crippen LogP contribution in [-0.4, -0.2) is 34.3 Å². The summed E-state index contributed by atoms with van der Waals surface area (Å²) in [6, 6.07) is 1.96. The van der Waals surface area contributed by atoms with E-state index in [2.05, 4.69) is 9.97 Å². The highest BCUT2D eigenvalue weighted by atomic mass is 16.3. The number of anilines is 1. The van der Waals surface area contributed by atoms with E-state index < -0.39 is 0 Å². The number of hydrogen-bond acceptors (Lipinski definition) is 4. The van der Waals surface area contributed by atoms with Crippen molar-refractivity contribution in [1.82, 2.24) is 9.97 Å². The lowest BCUT2D eigenvalue weighted by atomic mass is 10.4. The third kappa shape index (κ3) is 2.41. The van der Waals surface area contributed by atoms with Gasteiger partial charge in [0, 0.05) is 25.1 Å². The third-order valence-electron chi connectivity index (χ3n) is 2.73. The quantitative estimate of drug-likeness (QED) is 0.753. The molecule has 1 heterocycles. The Morgan fingerprint density at radius 1 is 1.62 bits per heavy atom. The predicted octanol–water partition coefficient (Wildman–Crippen LogP) is 0.293. The van der Waals surface area contributed by atoms with Gasteiger partial charge in [-0.3, -0.25) is 4.79 Å². The van der Waals surface area contributed by atoms with E-state index in [0.29, 0.717) is 30.6 Å². The second-order valence-corrected chi connectivity index (χ2v) is 4.05. The van der Waals surface area contributed by atoms with Crippen LogP contribution in [0.4, 0.5) is 5.82 Å². The lowest BCUT2D eigenvalue weighted by Gasteiger charge is -2.22. The van der Waals surface area contributed by atoms with Crippen molar-refractivity contribution in [2.75, 3.05) is 18.1 Å². The van der Waals surface area contributed by atoms with E-state index >= 15 is 0 Å². The lowest BCUT2D eigenvalue weighted by Crippen LogP contribution is -2.31. The number of aromatic amines is 1. The molecule has 5 heteroatoms. The average molecular weight is 223 g/mol. The molecule has 0 amide bonds. The number of nitrogens with one attached hydrogen (secondary N) is 1. The van der Waals surface area contributed by atoms with E-state index in [4.69, 9.17) is 5.11 Å². The summed E-state index contributed by atoms with van der Waals surface area (Å²) in [5.41, 5.74) is -0.120. The van der Waals surface area contributed by atoms with Crippen LogP contribution in [0.2, 0.25) is 0 Å². The van der Waals surface area contributed by atoms with Crippen molar-refractivity contribution in [2.45, 2.75) is 32.2 Å². The molecule has 0 aliphatic heterocycles. The first-order valence-electron chi connectivity index (χ1n) is 5.72. The number of aliphatic hydroxyl groups excluding tert-OH is 1. The van der Waals surface area contributed by atoms with Crippen molar-refractivity contribution in [3.63, 3.8) is 0 Å². The van der Waals surface area contributed by atoms with Gasteiger partial charge in [0.2, 0.25) is 0 Å². The number of aryl methyl sites for hydroxylation is 1. The molecule has 16 heavy (non-hydrogen) atoms. The second-order valence-electron chi connectivity index (χ2n) is 4.05. The number of aromatic nitrogens is 2. The van der Waals surface area contributed by atoms with Crippen molar-refractivity contribution in [3.8, 4) is 0 Å². The summed E-state index contributed by atoms with van der Waals surface area (Å²) in [6.45, 7) is 2.59. The highest BCUT2D eigenvalue weighted by molar-refractivity contribution is 5.40. The van der Waals surface area contributed by atoms with Crippen LogP contribution in [0.15, 0.2) is 10.9 Å². The molecule has 1 fully saturated rings. The van der Waals surface area contributed by atoms with Gasteiger partial charge >= 0.3 is 0 Å². The molecule has 88 valence electrons. The molecular weight excluding hydrogens is 206 g/mol. The molecule has 1 aromatic heterocycles. The van der Waals surface area contributed by atoms with Gasteiger partial charge in [-0.05, 0) is 12.8 Å². The maximum absolute atomic E-state index is 11.4. The van der Waals surface area contributed by atoms with E-state index in [9.17, 15) is 4.79 Å². The Bertz CT molecular complexity index is 412. The smallest absolute Gasteiger partial charge is 0.252 e. The molecule has 0 radical (unpaired) electrons. The molecule has 1 aliphatic rings. The van der Waals surface area contributed by atoms with Gasteiger partial charge in [0.05, 0.1) is 6.61 Å². The summed E-state index contributed by atoms with van der Waals surface area (Å²) in [7, 11) is 0. The van der Waals surface area contributed by atoms with E-state index in [0.717, 1.165) is 12.8 Å². The Hall–Kier alpha value is -1.36. The van der Waals surface area contributed by atoms with E-state index in [1.54, 1.807) is 0 Å². The van der Waals surface area contributed by atoms with Crippen LogP contribution in [-0.2, 0) is 6.42 Å². The molecule has 0 spiro atoms. The maximum atomic E-state index is 11.4. The minimum Gasteiger partial charge on any atom is -0.395 e. The molecule has 0 saturated heterocycles. The molecule has 1 aromatic rings. The standard InChI is InChI=1S/C11H17N3O2/c1-2-9-12-10(7-11(16)13-9)14(5-6-15)8-3-4-8/h7-8,15H,2-6H2,1H3,(H,12,13,16). The molecule has 5 nitrogen and oxygen atoms in total. The van der Waals surface area contributed by atoms with Gasteiger partial charge in [-0.25, -0.2) is 4.98 Å². The summed E-state index contributed by atoms with van der Waals surface area (Å²) < 4.78 is 0. The van der Waals surface area contributed by atoms with Gasteiger partial charge < -0.3 is 15.0 Å². The largest absolute Gasteiger partial charge is 0.395 e. The lowest BCUT2D eigenvalue weighted by molar-refractivity contribution is 0.301. The molecule has 1 saturated carbocycles. The Balaban J connectivity index is 2.28. The SMILES string of the molecule is CCc1nc(N(CCO)C2CC2)cc(=O)[nH]1. The summed E-state index contributed by atoms with van der Waals surface area (Å²) in [6.07, 6.45) is 2.95. The van der Waals surface area contributed by atoms with E-state index in [-0.39, 0.29) is 12.2 Å². The van der Waals surface area contributed by atoms with Crippen molar-refractivity contribution >= 4 is 5.82 Å². The van der Waals surface area contributed by atoms with E-state index in [1.165, 1.54) is 6.07 Å². The molecule has 0 aromatic carbocycles. The Kier molecular flexibility index (Phi) is 3.24. The minimum absolute atomic E-state index is 0.0897. The van der Waals surface area contributed by atoms with Crippen molar-refractivity contribution in [3.05, 3.63) is 22.2 Å². The zero-order chi connectivity index (χ0) is 11.5. The molecule has 0 unspecified atom stereocenters. The van der Waals surface area contributed by atoms with Crippen LogP contribution in [0.1, 0.15) is 25.6 Å². The maximum Gasteiger partial charge on any atom is 0.252 e. The van der Waals surface area contributed by atoms with Crippen LogP contribution < -0.4 is 10.5 Å². The Morgan fingerprint density at radius 3 is 2.94 bits per heavy atom. The average Bonchev–Trinajstić information content (AvgIpc) is 3.08. The van der Waals surface area contributed by atoms with E-state index in [1.807, 2.05) is 11.8 Å². The van der Waals surface area contributed by atoms with Crippen molar-refractivity contribution < 1.29 is 5.11 Å². The Labute approximate surface area is 94.1 Å².